The van der Waals surface area contributed by atoms with Gasteiger partial charge in [0, 0.05) is 23.2 Å². The van der Waals surface area contributed by atoms with E-state index in [9.17, 15) is 4.79 Å². The molecule has 3 nitrogen and oxygen atoms in total. The third kappa shape index (κ3) is 3.48. The van der Waals surface area contributed by atoms with Gasteiger partial charge in [0.15, 0.2) is 0 Å². The van der Waals surface area contributed by atoms with Gasteiger partial charge in [-0.25, -0.2) is 0 Å². The second kappa shape index (κ2) is 6.25. The summed E-state index contributed by atoms with van der Waals surface area (Å²) >= 11 is 6.05. The number of amides is 1. The molecule has 98 valence electrons. The van der Waals surface area contributed by atoms with E-state index in [2.05, 4.69) is 5.32 Å². The molecule has 0 fully saturated rings. The Hall–Kier alpha value is -2.00. The third-order valence-electron chi connectivity index (χ3n) is 2.68. The summed E-state index contributed by atoms with van der Waals surface area (Å²) in [4.78, 5) is 11.5. The van der Waals surface area contributed by atoms with Crippen LogP contribution in [0.2, 0.25) is 5.02 Å². The van der Waals surface area contributed by atoms with Crippen LogP contribution in [0.3, 0.4) is 0 Å². The average Bonchev–Trinajstić information content (AvgIpc) is 2.46. The largest absolute Gasteiger partial charge is 0.489 e. The molecule has 2 rings (SSSR count). The molecule has 1 N–H and O–H groups in total. The molecule has 2 aromatic rings. The van der Waals surface area contributed by atoms with Gasteiger partial charge >= 0.3 is 0 Å². The Balaban J connectivity index is 2.08. The summed E-state index contributed by atoms with van der Waals surface area (Å²) < 4.78 is 5.64. The van der Waals surface area contributed by atoms with Crippen LogP contribution in [0.15, 0.2) is 48.5 Å². The van der Waals surface area contributed by atoms with Crippen molar-refractivity contribution in [1.29, 1.82) is 0 Å². The fourth-order valence-corrected chi connectivity index (χ4v) is 1.84. The minimum Gasteiger partial charge on any atom is -0.489 e. The lowest BCUT2D eigenvalue weighted by atomic mass is 10.2. The standard InChI is InChI=1S/C15H14ClNO2/c1-17-15(18)11-6-4-7-13(9-11)19-10-12-5-2-3-8-14(12)16/h2-9H,10H2,1H3,(H,17,18). The highest BCUT2D eigenvalue weighted by atomic mass is 35.5. The van der Waals surface area contributed by atoms with Crippen molar-refractivity contribution in [3.05, 3.63) is 64.7 Å². The van der Waals surface area contributed by atoms with E-state index >= 15 is 0 Å². The molecular weight excluding hydrogens is 262 g/mol. The zero-order valence-corrected chi connectivity index (χ0v) is 11.3. The molecular formula is C15H14ClNO2. The molecule has 4 heteroatoms. The van der Waals surface area contributed by atoms with Gasteiger partial charge in [-0.15, -0.1) is 0 Å². The smallest absolute Gasteiger partial charge is 0.251 e. The van der Waals surface area contributed by atoms with Crippen molar-refractivity contribution in [2.75, 3.05) is 7.05 Å². The van der Waals surface area contributed by atoms with Crippen molar-refractivity contribution in [1.82, 2.24) is 5.32 Å². The second-order valence-corrected chi connectivity index (χ2v) is 4.39. The summed E-state index contributed by atoms with van der Waals surface area (Å²) in [5, 5.41) is 3.25. The lowest BCUT2D eigenvalue weighted by molar-refractivity contribution is 0.0962. The quantitative estimate of drug-likeness (QED) is 0.930. The summed E-state index contributed by atoms with van der Waals surface area (Å²) in [6, 6.07) is 14.5. The molecule has 0 aliphatic carbocycles. The number of hydrogen-bond donors (Lipinski definition) is 1. The van der Waals surface area contributed by atoms with Crippen molar-refractivity contribution in [2.24, 2.45) is 0 Å². The van der Waals surface area contributed by atoms with Crippen LogP contribution in [0.5, 0.6) is 5.75 Å². The van der Waals surface area contributed by atoms with Crippen molar-refractivity contribution < 1.29 is 9.53 Å². The van der Waals surface area contributed by atoms with Crippen LogP contribution >= 0.6 is 11.6 Å². The van der Waals surface area contributed by atoms with E-state index in [1.54, 1.807) is 25.2 Å². The molecule has 0 atom stereocenters. The minimum absolute atomic E-state index is 0.136. The molecule has 0 saturated heterocycles. The maximum atomic E-state index is 11.5. The van der Waals surface area contributed by atoms with Crippen molar-refractivity contribution in [3.63, 3.8) is 0 Å². The summed E-state index contributed by atoms with van der Waals surface area (Å²) in [6.45, 7) is 0.372. The predicted molar refractivity (Wildman–Crippen MR) is 75.6 cm³/mol. The number of hydrogen-bond acceptors (Lipinski definition) is 2. The van der Waals surface area contributed by atoms with Gasteiger partial charge in [-0.2, -0.15) is 0 Å². The third-order valence-corrected chi connectivity index (χ3v) is 3.04. The Morgan fingerprint density at radius 1 is 1.21 bits per heavy atom. The van der Waals surface area contributed by atoms with Gasteiger partial charge in [0.05, 0.1) is 0 Å². The molecule has 2 aromatic carbocycles. The predicted octanol–water partition coefficient (Wildman–Crippen LogP) is 3.28. The molecule has 0 spiro atoms. The molecule has 0 saturated carbocycles. The number of halogens is 1. The highest BCUT2D eigenvalue weighted by Gasteiger charge is 2.05. The van der Waals surface area contributed by atoms with E-state index in [0.717, 1.165) is 5.56 Å². The molecule has 0 aromatic heterocycles. The number of carbonyl (C=O) groups is 1. The first-order chi connectivity index (χ1) is 9.20. The normalized spacial score (nSPS) is 10.0. The Labute approximate surface area is 117 Å². The molecule has 19 heavy (non-hydrogen) atoms. The Kier molecular flexibility index (Phi) is 4.42. The number of rotatable bonds is 4. The first-order valence-corrected chi connectivity index (χ1v) is 6.27. The highest BCUT2D eigenvalue weighted by Crippen LogP contribution is 2.19. The fourth-order valence-electron chi connectivity index (χ4n) is 1.65. The van der Waals surface area contributed by atoms with Gasteiger partial charge in [0.25, 0.3) is 5.91 Å². The molecule has 0 radical (unpaired) electrons. The van der Waals surface area contributed by atoms with E-state index in [1.165, 1.54) is 0 Å². The van der Waals surface area contributed by atoms with Crippen LogP contribution in [0.25, 0.3) is 0 Å². The van der Waals surface area contributed by atoms with Crippen LogP contribution in [0.4, 0.5) is 0 Å². The van der Waals surface area contributed by atoms with Gasteiger partial charge in [-0.1, -0.05) is 35.9 Å². The first kappa shape index (κ1) is 13.4. The first-order valence-electron chi connectivity index (χ1n) is 5.89. The second-order valence-electron chi connectivity index (χ2n) is 3.99. The fraction of sp³-hybridized carbons (Fsp3) is 0.133. The number of nitrogens with one attached hydrogen (secondary N) is 1. The van der Waals surface area contributed by atoms with E-state index < -0.39 is 0 Å². The SMILES string of the molecule is CNC(=O)c1cccc(OCc2ccccc2Cl)c1. The number of ether oxygens (including phenoxy) is 1. The lowest BCUT2D eigenvalue weighted by Crippen LogP contribution is -2.17. The van der Waals surface area contributed by atoms with Crippen molar-refractivity contribution in [2.45, 2.75) is 6.61 Å². The average molecular weight is 276 g/mol. The molecule has 1 amide bonds. The zero-order chi connectivity index (χ0) is 13.7. The lowest BCUT2D eigenvalue weighted by Gasteiger charge is -2.08. The maximum Gasteiger partial charge on any atom is 0.251 e. The Morgan fingerprint density at radius 2 is 2.00 bits per heavy atom. The van der Waals surface area contributed by atoms with Gasteiger partial charge in [0.1, 0.15) is 12.4 Å². The molecule has 0 heterocycles. The minimum atomic E-state index is -0.136. The molecule has 0 aliphatic rings. The maximum absolute atomic E-state index is 11.5. The monoisotopic (exact) mass is 275 g/mol. The zero-order valence-electron chi connectivity index (χ0n) is 10.5. The molecule has 0 bridgehead atoms. The van der Waals surface area contributed by atoms with Crippen LogP contribution in [-0.4, -0.2) is 13.0 Å². The summed E-state index contributed by atoms with van der Waals surface area (Å²) in [7, 11) is 1.60. The number of benzene rings is 2. The van der Waals surface area contributed by atoms with Crippen molar-refractivity contribution >= 4 is 17.5 Å². The molecule has 0 unspecified atom stereocenters. The summed E-state index contributed by atoms with van der Waals surface area (Å²) in [5.74, 6) is 0.504. The van der Waals surface area contributed by atoms with E-state index in [1.807, 2.05) is 30.3 Å². The van der Waals surface area contributed by atoms with Gasteiger partial charge in [0.2, 0.25) is 0 Å². The van der Waals surface area contributed by atoms with Crippen LogP contribution in [0.1, 0.15) is 15.9 Å². The number of carbonyl (C=O) groups excluding carboxylic acids is 1. The van der Waals surface area contributed by atoms with E-state index in [0.29, 0.717) is 22.9 Å². The Morgan fingerprint density at radius 3 is 2.74 bits per heavy atom. The van der Waals surface area contributed by atoms with Crippen molar-refractivity contribution in [3.8, 4) is 5.75 Å². The highest BCUT2D eigenvalue weighted by molar-refractivity contribution is 6.31. The van der Waals surface area contributed by atoms with Crippen LogP contribution < -0.4 is 10.1 Å². The summed E-state index contributed by atoms with van der Waals surface area (Å²) in [5.41, 5.74) is 1.48. The Bertz CT molecular complexity index is 584. The topological polar surface area (TPSA) is 38.3 Å². The van der Waals surface area contributed by atoms with Gasteiger partial charge < -0.3 is 10.1 Å². The molecule has 0 aliphatic heterocycles. The van der Waals surface area contributed by atoms with Crippen LogP contribution in [-0.2, 0) is 6.61 Å². The van der Waals surface area contributed by atoms with Gasteiger partial charge in [-0.05, 0) is 24.3 Å². The van der Waals surface area contributed by atoms with E-state index in [-0.39, 0.29) is 5.91 Å². The van der Waals surface area contributed by atoms with E-state index in [4.69, 9.17) is 16.3 Å². The summed E-state index contributed by atoms with van der Waals surface area (Å²) in [6.07, 6.45) is 0. The van der Waals surface area contributed by atoms with Gasteiger partial charge in [-0.3, -0.25) is 4.79 Å². The van der Waals surface area contributed by atoms with Crippen LogP contribution in [0, 0.1) is 0 Å².